The largest absolute Gasteiger partial charge is 0.444 e. The Hall–Kier alpha value is -1.26. The van der Waals surface area contributed by atoms with Gasteiger partial charge in [-0.2, -0.15) is 0 Å². The predicted molar refractivity (Wildman–Crippen MR) is 107 cm³/mol. The Morgan fingerprint density at radius 1 is 0.929 bits per heavy atom. The van der Waals surface area contributed by atoms with Crippen molar-refractivity contribution < 1.29 is 14.3 Å². The topological polar surface area (TPSA) is 49.9 Å². The number of piperidine rings is 1. The van der Waals surface area contributed by atoms with E-state index in [1.807, 2.05) is 25.7 Å². The fourth-order valence-corrected chi connectivity index (χ4v) is 7.58. The maximum Gasteiger partial charge on any atom is 0.410 e. The highest BCUT2D eigenvalue weighted by Crippen LogP contribution is 2.60. The van der Waals surface area contributed by atoms with Crippen LogP contribution in [0.25, 0.3) is 0 Å². The van der Waals surface area contributed by atoms with Gasteiger partial charge in [-0.15, -0.1) is 0 Å². The Balaban J connectivity index is 1.30. The van der Waals surface area contributed by atoms with E-state index in [0.29, 0.717) is 18.4 Å². The first-order valence-corrected chi connectivity index (χ1v) is 11.5. The molecule has 6 rings (SSSR count). The number of hydrogen-bond donors (Lipinski definition) is 0. The van der Waals surface area contributed by atoms with Crippen LogP contribution in [0.3, 0.4) is 0 Å². The van der Waals surface area contributed by atoms with Gasteiger partial charge in [-0.25, -0.2) is 4.79 Å². The molecule has 2 aliphatic heterocycles. The van der Waals surface area contributed by atoms with E-state index in [-0.39, 0.29) is 17.6 Å². The predicted octanol–water partition coefficient (Wildman–Crippen LogP) is 4.06. The molecule has 2 heterocycles. The van der Waals surface area contributed by atoms with Crippen molar-refractivity contribution in [2.45, 2.75) is 83.8 Å². The van der Waals surface area contributed by atoms with Crippen molar-refractivity contribution in [2.75, 3.05) is 19.6 Å². The number of fused-ring (bicyclic) bond motifs is 1. The summed E-state index contributed by atoms with van der Waals surface area (Å²) >= 11 is 0. The summed E-state index contributed by atoms with van der Waals surface area (Å²) in [4.78, 5) is 30.5. The Morgan fingerprint density at radius 2 is 1.50 bits per heavy atom. The number of ether oxygens (including phenoxy) is 1. The van der Waals surface area contributed by atoms with Gasteiger partial charge in [0.05, 0.1) is 11.5 Å². The molecule has 2 amide bonds. The van der Waals surface area contributed by atoms with E-state index in [1.165, 1.54) is 19.3 Å². The lowest BCUT2D eigenvalue weighted by Gasteiger charge is -2.57. The van der Waals surface area contributed by atoms with E-state index in [9.17, 15) is 9.59 Å². The Morgan fingerprint density at radius 3 is 2.07 bits per heavy atom. The molecule has 0 aromatic heterocycles. The van der Waals surface area contributed by atoms with Gasteiger partial charge in [0.15, 0.2) is 0 Å². The molecule has 4 aliphatic carbocycles. The van der Waals surface area contributed by atoms with Gasteiger partial charge in [0.2, 0.25) is 5.91 Å². The molecule has 0 aromatic rings. The Bertz CT molecular complexity index is 632. The molecule has 156 valence electrons. The van der Waals surface area contributed by atoms with Gasteiger partial charge in [-0.05, 0) is 95.8 Å². The Labute approximate surface area is 169 Å². The number of carbonyl (C=O) groups is 2. The van der Waals surface area contributed by atoms with Crippen LogP contribution in [0, 0.1) is 29.1 Å². The minimum absolute atomic E-state index is 0.0725. The molecule has 0 unspecified atom stereocenters. The van der Waals surface area contributed by atoms with Gasteiger partial charge >= 0.3 is 6.09 Å². The summed E-state index contributed by atoms with van der Waals surface area (Å²) in [5.41, 5.74) is -0.546. The van der Waals surface area contributed by atoms with Crippen LogP contribution < -0.4 is 0 Å². The number of carbonyl (C=O) groups excluding carboxylic acids is 2. The van der Waals surface area contributed by atoms with Crippen molar-refractivity contribution in [2.24, 2.45) is 29.1 Å². The van der Waals surface area contributed by atoms with Crippen LogP contribution in [0.5, 0.6) is 0 Å². The molecule has 6 aliphatic rings. The third-order valence-electron chi connectivity index (χ3n) is 8.27. The van der Waals surface area contributed by atoms with E-state index in [1.54, 1.807) is 0 Å². The molecule has 0 aromatic carbocycles. The number of likely N-dealkylation sites (tertiary alicyclic amines) is 2. The average Bonchev–Trinajstić information content (AvgIpc) is 3.01. The fourth-order valence-electron chi connectivity index (χ4n) is 7.58. The zero-order valence-corrected chi connectivity index (χ0v) is 17.8. The summed E-state index contributed by atoms with van der Waals surface area (Å²) < 4.78 is 5.65. The fraction of sp³-hybridized carbons (Fsp3) is 0.913. The molecule has 6 fully saturated rings. The molecule has 4 saturated carbocycles. The first kappa shape index (κ1) is 18.7. The summed E-state index contributed by atoms with van der Waals surface area (Å²) in [7, 11) is 0. The molecule has 5 nitrogen and oxygen atoms in total. The highest BCUT2D eigenvalue weighted by atomic mass is 16.6. The molecular weight excluding hydrogens is 352 g/mol. The molecule has 2 atom stereocenters. The minimum atomic E-state index is -0.474. The lowest BCUT2D eigenvalue weighted by molar-refractivity contribution is -0.160. The summed E-state index contributed by atoms with van der Waals surface area (Å²) in [6, 6.07) is 0.140. The number of amides is 2. The standard InChI is InChI=1S/C23H36N2O3/c1-22(2,3)28-21(27)25-7-5-18-4-6-24(14-19(18)25)20(26)23-11-15-8-16(12-23)10-17(9-15)13-23/h15-19H,4-14H2,1-3H3/t15?,16?,17?,18-,19-,23?/m1/s1. The van der Waals surface area contributed by atoms with Crippen LogP contribution in [0.15, 0.2) is 0 Å². The van der Waals surface area contributed by atoms with Crippen molar-refractivity contribution in [1.29, 1.82) is 0 Å². The number of nitrogens with zero attached hydrogens (tertiary/aromatic N) is 2. The van der Waals surface area contributed by atoms with Crippen LogP contribution in [-0.4, -0.2) is 53.1 Å². The third kappa shape index (κ3) is 3.13. The number of rotatable bonds is 1. The highest BCUT2D eigenvalue weighted by Gasteiger charge is 2.56. The van der Waals surface area contributed by atoms with E-state index in [4.69, 9.17) is 4.74 Å². The first-order chi connectivity index (χ1) is 13.2. The average molecular weight is 389 g/mol. The van der Waals surface area contributed by atoms with Gasteiger partial charge in [0.1, 0.15) is 5.60 Å². The summed E-state index contributed by atoms with van der Waals surface area (Å²) in [5.74, 6) is 3.31. The van der Waals surface area contributed by atoms with E-state index >= 15 is 0 Å². The summed E-state index contributed by atoms with van der Waals surface area (Å²) in [6.45, 7) is 8.12. The normalized spacial score (nSPS) is 41.9. The zero-order chi connectivity index (χ0) is 19.7. The van der Waals surface area contributed by atoms with Crippen LogP contribution in [0.4, 0.5) is 4.79 Å². The molecule has 0 radical (unpaired) electrons. The second kappa shape index (κ2) is 6.37. The summed E-state index contributed by atoms with van der Waals surface area (Å²) in [5, 5.41) is 0. The Kier molecular flexibility index (Phi) is 4.26. The van der Waals surface area contributed by atoms with Crippen LogP contribution in [0.1, 0.15) is 72.1 Å². The molecular formula is C23H36N2O3. The maximum absolute atomic E-state index is 13.7. The van der Waals surface area contributed by atoms with E-state index in [2.05, 4.69) is 4.90 Å². The second-order valence-corrected chi connectivity index (χ2v) is 11.5. The molecule has 0 spiro atoms. The molecule has 4 bridgehead atoms. The zero-order valence-electron chi connectivity index (χ0n) is 17.8. The molecule has 5 heteroatoms. The first-order valence-electron chi connectivity index (χ1n) is 11.5. The third-order valence-corrected chi connectivity index (χ3v) is 8.27. The maximum atomic E-state index is 13.7. The lowest BCUT2D eigenvalue weighted by atomic mass is 9.49. The van der Waals surface area contributed by atoms with Crippen LogP contribution in [0.2, 0.25) is 0 Å². The van der Waals surface area contributed by atoms with Gasteiger partial charge in [0.25, 0.3) is 0 Å². The second-order valence-electron chi connectivity index (χ2n) is 11.5. The molecule has 2 saturated heterocycles. The van der Waals surface area contributed by atoms with Crippen molar-refractivity contribution in [3.05, 3.63) is 0 Å². The van der Waals surface area contributed by atoms with Gasteiger partial charge in [-0.1, -0.05) is 0 Å². The van der Waals surface area contributed by atoms with Crippen LogP contribution in [-0.2, 0) is 9.53 Å². The van der Waals surface area contributed by atoms with Gasteiger partial charge in [-0.3, -0.25) is 4.79 Å². The van der Waals surface area contributed by atoms with E-state index in [0.717, 1.165) is 62.9 Å². The molecule has 0 N–H and O–H groups in total. The van der Waals surface area contributed by atoms with Crippen molar-refractivity contribution in [3.8, 4) is 0 Å². The van der Waals surface area contributed by atoms with Gasteiger partial charge < -0.3 is 14.5 Å². The monoisotopic (exact) mass is 388 g/mol. The van der Waals surface area contributed by atoms with Crippen molar-refractivity contribution in [1.82, 2.24) is 9.80 Å². The smallest absolute Gasteiger partial charge is 0.410 e. The van der Waals surface area contributed by atoms with Gasteiger partial charge in [0, 0.05) is 19.6 Å². The quantitative estimate of drug-likeness (QED) is 0.681. The van der Waals surface area contributed by atoms with Crippen LogP contribution >= 0.6 is 0 Å². The SMILES string of the molecule is CC(C)(C)OC(=O)N1CC[C@H]2CCN(C(=O)C34CC5CC(CC(C5)C3)C4)C[C@H]21. The molecule has 28 heavy (non-hydrogen) atoms. The van der Waals surface area contributed by atoms with E-state index < -0.39 is 5.60 Å². The lowest BCUT2D eigenvalue weighted by Crippen LogP contribution is -2.59. The number of hydrogen-bond acceptors (Lipinski definition) is 3. The van der Waals surface area contributed by atoms with Crippen molar-refractivity contribution in [3.63, 3.8) is 0 Å². The summed E-state index contributed by atoms with van der Waals surface area (Å²) in [6.07, 6.45) is 9.33. The highest BCUT2D eigenvalue weighted by molar-refractivity contribution is 5.83. The minimum Gasteiger partial charge on any atom is -0.444 e. The van der Waals surface area contributed by atoms with Crippen molar-refractivity contribution >= 4 is 12.0 Å².